The number of ether oxygens (including phenoxy) is 3. The van der Waals surface area contributed by atoms with Gasteiger partial charge in [0.25, 0.3) is 0 Å². The van der Waals surface area contributed by atoms with Crippen molar-refractivity contribution in [3.63, 3.8) is 0 Å². The van der Waals surface area contributed by atoms with Gasteiger partial charge < -0.3 is 14.2 Å². The van der Waals surface area contributed by atoms with E-state index in [1.165, 1.54) is 25.7 Å². The third-order valence-corrected chi connectivity index (χ3v) is 6.72. The highest BCUT2D eigenvalue weighted by Gasteiger charge is 2.42. The fourth-order valence-corrected chi connectivity index (χ4v) is 5.02. The average Bonchev–Trinajstić information content (AvgIpc) is 3.09. The number of methoxy groups -OCH3 is 2. The summed E-state index contributed by atoms with van der Waals surface area (Å²) in [5.41, 5.74) is 2.00. The van der Waals surface area contributed by atoms with E-state index in [9.17, 15) is 4.79 Å². The van der Waals surface area contributed by atoms with E-state index in [1.807, 2.05) is 23.2 Å². The van der Waals surface area contributed by atoms with E-state index in [0.29, 0.717) is 24.7 Å². The molecular weight excluding hydrogens is 392 g/mol. The van der Waals surface area contributed by atoms with Gasteiger partial charge in [-0.15, -0.1) is 0 Å². The van der Waals surface area contributed by atoms with Crippen molar-refractivity contribution in [2.75, 3.05) is 27.4 Å². The maximum Gasteiger partial charge on any atom is 0.247 e. The zero-order valence-electron chi connectivity index (χ0n) is 18.7. The summed E-state index contributed by atoms with van der Waals surface area (Å²) in [6.45, 7) is 0.956. The van der Waals surface area contributed by atoms with Gasteiger partial charge in [-0.3, -0.25) is 4.79 Å². The second-order valence-corrected chi connectivity index (χ2v) is 8.68. The van der Waals surface area contributed by atoms with Crippen LogP contribution in [0.25, 0.3) is 0 Å². The molecule has 0 saturated heterocycles. The first-order valence-corrected chi connectivity index (χ1v) is 11.6. The summed E-state index contributed by atoms with van der Waals surface area (Å²) in [5, 5.41) is 6.87. The molecule has 4 rings (SSSR count). The summed E-state index contributed by atoms with van der Waals surface area (Å²) >= 11 is 0. The summed E-state index contributed by atoms with van der Waals surface area (Å²) in [7, 11) is 3.30. The molecule has 0 aromatic heterocycles. The molecular formula is C25H34N2O4. The van der Waals surface area contributed by atoms with Crippen LogP contribution in [0.3, 0.4) is 0 Å². The Morgan fingerprint density at radius 2 is 1.71 bits per heavy atom. The number of hydrazone groups is 1. The number of hydrogen-bond acceptors (Lipinski definition) is 5. The highest BCUT2D eigenvalue weighted by Crippen LogP contribution is 2.38. The van der Waals surface area contributed by atoms with Crippen molar-refractivity contribution < 1.29 is 19.0 Å². The number of allylic oxidation sites excluding steroid dienone is 2. The summed E-state index contributed by atoms with van der Waals surface area (Å²) in [6.07, 6.45) is 12.9. The SMILES string of the molecule is COCCOc1cc(C2=NN(C3CCCCCC3)C(=O)[C@@H]3CC=CC[C@H]23)ccc1OC. The lowest BCUT2D eigenvalue weighted by Gasteiger charge is -2.40. The Morgan fingerprint density at radius 1 is 0.968 bits per heavy atom. The van der Waals surface area contributed by atoms with Crippen LogP contribution in [-0.2, 0) is 9.53 Å². The molecule has 31 heavy (non-hydrogen) atoms. The van der Waals surface area contributed by atoms with E-state index < -0.39 is 0 Å². The van der Waals surface area contributed by atoms with Crippen molar-refractivity contribution in [1.29, 1.82) is 0 Å². The number of nitrogens with zero attached hydrogens (tertiary/aromatic N) is 2. The van der Waals surface area contributed by atoms with Crippen LogP contribution >= 0.6 is 0 Å². The zero-order chi connectivity index (χ0) is 21.6. The lowest BCUT2D eigenvalue weighted by atomic mass is 9.76. The van der Waals surface area contributed by atoms with Crippen molar-refractivity contribution in [2.24, 2.45) is 16.9 Å². The van der Waals surface area contributed by atoms with Gasteiger partial charge in [-0.1, -0.05) is 37.8 Å². The molecule has 0 radical (unpaired) electrons. The van der Waals surface area contributed by atoms with E-state index in [4.69, 9.17) is 19.3 Å². The highest BCUT2D eigenvalue weighted by molar-refractivity contribution is 6.07. The summed E-state index contributed by atoms with van der Waals surface area (Å²) in [4.78, 5) is 13.4. The lowest BCUT2D eigenvalue weighted by Crippen LogP contribution is -2.49. The summed E-state index contributed by atoms with van der Waals surface area (Å²) in [5.74, 6) is 1.66. The minimum absolute atomic E-state index is 0.0271. The molecule has 1 aliphatic heterocycles. The van der Waals surface area contributed by atoms with Crippen LogP contribution in [0, 0.1) is 11.8 Å². The van der Waals surface area contributed by atoms with Gasteiger partial charge in [0, 0.05) is 18.6 Å². The number of hydrogen-bond donors (Lipinski definition) is 0. The lowest BCUT2D eigenvalue weighted by molar-refractivity contribution is -0.140. The Balaban J connectivity index is 1.69. The smallest absolute Gasteiger partial charge is 0.247 e. The Bertz CT molecular complexity index is 827. The van der Waals surface area contributed by atoms with E-state index in [-0.39, 0.29) is 23.8 Å². The van der Waals surface area contributed by atoms with Crippen LogP contribution in [0.15, 0.2) is 35.5 Å². The molecule has 1 fully saturated rings. The standard InChI is InChI=1S/C25H34N2O4/c1-29-15-16-31-23-17-18(13-14-22(23)30-2)24-20-11-7-8-12-21(20)25(28)27(26-24)19-9-5-3-4-6-10-19/h7-8,13-14,17,19-21H,3-6,9-12,15-16H2,1-2H3/t20-,21+/m0/s1. The molecule has 2 atom stereocenters. The molecule has 1 aromatic rings. The number of rotatable bonds is 7. The third-order valence-electron chi connectivity index (χ3n) is 6.72. The first-order chi connectivity index (χ1) is 15.2. The number of fused-ring (bicyclic) bond motifs is 1. The van der Waals surface area contributed by atoms with E-state index >= 15 is 0 Å². The van der Waals surface area contributed by atoms with Gasteiger partial charge in [-0.2, -0.15) is 5.10 Å². The van der Waals surface area contributed by atoms with Crippen LogP contribution < -0.4 is 9.47 Å². The molecule has 0 unspecified atom stereocenters. The summed E-state index contributed by atoms with van der Waals surface area (Å²) < 4.78 is 16.5. The predicted octanol–water partition coefficient (Wildman–Crippen LogP) is 4.57. The maximum absolute atomic E-state index is 13.4. The summed E-state index contributed by atoms with van der Waals surface area (Å²) in [6, 6.07) is 6.19. The highest BCUT2D eigenvalue weighted by atomic mass is 16.5. The number of benzene rings is 1. The monoisotopic (exact) mass is 426 g/mol. The fraction of sp³-hybridized carbons (Fsp3) is 0.600. The van der Waals surface area contributed by atoms with Gasteiger partial charge >= 0.3 is 0 Å². The Labute approximate surface area is 185 Å². The molecule has 168 valence electrons. The minimum Gasteiger partial charge on any atom is -0.493 e. The first kappa shape index (κ1) is 21.9. The molecule has 0 N–H and O–H groups in total. The maximum atomic E-state index is 13.4. The molecule has 6 nitrogen and oxygen atoms in total. The normalized spacial score (nSPS) is 24.4. The second-order valence-electron chi connectivity index (χ2n) is 8.68. The Hall–Kier alpha value is -2.34. The van der Waals surface area contributed by atoms with Crippen molar-refractivity contribution in [2.45, 2.75) is 57.4 Å². The second kappa shape index (κ2) is 10.3. The molecule has 6 heteroatoms. The van der Waals surface area contributed by atoms with Crippen LogP contribution in [-0.4, -0.2) is 50.1 Å². The van der Waals surface area contributed by atoms with Crippen LogP contribution in [0.4, 0.5) is 0 Å². The van der Waals surface area contributed by atoms with Gasteiger partial charge in [0.2, 0.25) is 5.91 Å². The largest absolute Gasteiger partial charge is 0.493 e. The van der Waals surface area contributed by atoms with Gasteiger partial charge in [0.05, 0.1) is 31.4 Å². The molecule has 3 aliphatic rings. The minimum atomic E-state index is -0.0271. The van der Waals surface area contributed by atoms with Crippen molar-refractivity contribution in [1.82, 2.24) is 5.01 Å². The molecule has 1 saturated carbocycles. The van der Waals surface area contributed by atoms with E-state index in [1.54, 1.807) is 14.2 Å². The van der Waals surface area contributed by atoms with Crippen LogP contribution in [0.5, 0.6) is 11.5 Å². The molecule has 1 amide bonds. The van der Waals surface area contributed by atoms with Crippen molar-refractivity contribution in [3.05, 3.63) is 35.9 Å². The van der Waals surface area contributed by atoms with Gasteiger partial charge in [-0.25, -0.2) is 5.01 Å². The van der Waals surface area contributed by atoms with E-state index in [0.717, 1.165) is 37.0 Å². The number of amides is 1. The molecule has 2 aliphatic carbocycles. The molecule has 0 bridgehead atoms. The quantitative estimate of drug-likeness (QED) is 0.364. The zero-order valence-corrected chi connectivity index (χ0v) is 18.7. The average molecular weight is 427 g/mol. The van der Waals surface area contributed by atoms with Crippen LogP contribution in [0.1, 0.15) is 56.9 Å². The van der Waals surface area contributed by atoms with Crippen molar-refractivity contribution in [3.8, 4) is 11.5 Å². The van der Waals surface area contributed by atoms with Gasteiger partial charge in [-0.05, 0) is 43.9 Å². The van der Waals surface area contributed by atoms with Gasteiger partial charge in [0.15, 0.2) is 11.5 Å². The van der Waals surface area contributed by atoms with Crippen molar-refractivity contribution >= 4 is 11.6 Å². The third kappa shape index (κ3) is 4.79. The Kier molecular flexibility index (Phi) is 7.28. The predicted molar refractivity (Wildman–Crippen MR) is 121 cm³/mol. The molecule has 1 heterocycles. The fourth-order valence-electron chi connectivity index (χ4n) is 5.02. The Morgan fingerprint density at radius 3 is 2.42 bits per heavy atom. The van der Waals surface area contributed by atoms with Gasteiger partial charge in [0.1, 0.15) is 6.61 Å². The number of carbonyl (C=O) groups is 1. The van der Waals surface area contributed by atoms with Crippen LogP contribution in [0.2, 0.25) is 0 Å². The molecule has 1 aromatic carbocycles. The number of carbonyl (C=O) groups excluding carboxylic acids is 1. The topological polar surface area (TPSA) is 60.4 Å². The van der Waals surface area contributed by atoms with E-state index in [2.05, 4.69) is 12.2 Å². The first-order valence-electron chi connectivity index (χ1n) is 11.6. The molecule has 0 spiro atoms.